The third-order valence-electron chi connectivity index (χ3n) is 3.22. The van der Waals surface area contributed by atoms with E-state index in [1.165, 1.54) is 12.3 Å². The maximum atomic E-state index is 12.4. The van der Waals surface area contributed by atoms with Gasteiger partial charge >= 0.3 is 6.61 Å². The predicted molar refractivity (Wildman–Crippen MR) is 95.9 cm³/mol. The number of thiocarbonyl (C=S) groups is 1. The van der Waals surface area contributed by atoms with Gasteiger partial charge in [-0.1, -0.05) is 30.3 Å². The van der Waals surface area contributed by atoms with Crippen LogP contribution in [0.25, 0.3) is 0 Å². The van der Waals surface area contributed by atoms with Gasteiger partial charge in [-0.15, -0.1) is 0 Å². The number of rotatable bonds is 5. The van der Waals surface area contributed by atoms with Gasteiger partial charge in [0.05, 0.1) is 6.21 Å². The number of anilines is 1. The van der Waals surface area contributed by atoms with E-state index in [1.807, 2.05) is 32.0 Å². The highest BCUT2D eigenvalue weighted by atomic mass is 32.1. The van der Waals surface area contributed by atoms with Gasteiger partial charge in [0.2, 0.25) is 0 Å². The smallest absolute Gasteiger partial charge is 0.387 e. The number of hydrazone groups is 1. The van der Waals surface area contributed by atoms with Gasteiger partial charge in [0.15, 0.2) is 5.11 Å². The first-order chi connectivity index (χ1) is 11.5. The first-order valence-electron chi connectivity index (χ1n) is 7.17. The molecule has 24 heavy (non-hydrogen) atoms. The molecule has 2 rings (SSSR count). The number of nitrogens with zero attached hydrogens (tertiary/aromatic N) is 1. The third-order valence-corrected chi connectivity index (χ3v) is 3.42. The fourth-order valence-corrected chi connectivity index (χ4v) is 2.26. The molecule has 0 heterocycles. The first kappa shape index (κ1) is 17.8. The van der Waals surface area contributed by atoms with Crippen molar-refractivity contribution >= 4 is 29.2 Å². The van der Waals surface area contributed by atoms with Crippen molar-refractivity contribution in [3.63, 3.8) is 0 Å². The average Bonchev–Trinajstić information content (AvgIpc) is 2.52. The number of benzene rings is 2. The van der Waals surface area contributed by atoms with E-state index < -0.39 is 6.61 Å². The second-order valence-corrected chi connectivity index (χ2v) is 5.42. The minimum Gasteiger partial charge on any atom is -0.434 e. The summed E-state index contributed by atoms with van der Waals surface area (Å²) < 4.78 is 29.1. The Labute approximate surface area is 144 Å². The molecule has 0 spiro atoms. The molecule has 4 nitrogen and oxygen atoms in total. The highest BCUT2D eigenvalue weighted by Crippen LogP contribution is 2.19. The summed E-state index contributed by atoms with van der Waals surface area (Å²) in [5.74, 6) is 0.0478. The molecule has 0 unspecified atom stereocenters. The van der Waals surface area contributed by atoms with Gasteiger partial charge in [0.1, 0.15) is 5.75 Å². The van der Waals surface area contributed by atoms with Crippen LogP contribution in [0.3, 0.4) is 0 Å². The predicted octanol–water partition coefficient (Wildman–Crippen LogP) is 4.23. The van der Waals surface area contributed by atoms with Crippen molar-refractivity contribution in [3.8, 4) is 5.75 Å². The monoisotopic (exact) mass is 349 g/mol. The molecule has 0 amide bonds. The normalized spacial score (nSPS) is 10.9. The lowest BCUT2D eigenvalue weighted by molar-refractivity contribution is -0.0499. The van der Waals surface area contributed by atoms with Crippen molar-refractivity contribution in [1.29, 1.82) is 0 Å². The van der Waals surface area contributed by atoms with Gasteiger partial charge in [-0.25, -0.2) is 0 Å². The Balaban J connectivity index is 2.00. The molecule has 0 saturated heterocycles. The zero-order chi connectivity index (χ0) is 17.5. The van der Waals surface area contributed by atoms with Crippen molar-refractivity contribution in [2.75, 3.05) is 5.32 Å². The number of para-hydroxylation sites is 2. The Hall–Kier alpha value is -2.54. The SMILES string of the molecule is Cc1cccc(C)c1NC(=S)N/N=C\c1ccccc1OC(F)F. The van der Waals surface area contributed by atoms with Crippen molar-refractivity contribution in [2.45, 2.75) is 20.5 Å². The summed E-state index contributed by atoms with van der Waals surface area (Å²) >= 11 is 5.19. The molecule has 0 saturated carbocycles. The molecule has 0 aliphatic rings. The minimum atomic E-state index is -2.89. The van der Waals surface area contributed by atoms with E-state index in [4.69, 9.17) is 12.2 Å². The number of alkyl halides is 2. The molecule has 7 heteroatoms. The fourth-order valence-electron chi connectivity index (χ4n) is 2.10. The van der Waals surface area contributed by atoms with Crippen LogP contribution in [-0.2, 0) is 0 Å². The van der Waals surface area contributed by atoms with Gasteiger partial charge in [-0.3, -0.25) is 5.43 Å². The maximum absolute atomic E-state index is 12.4. The van der Waals surface area contributed by atoms with Crippen LogP contribution in [-0.4, -0.2) is 17.9 Å². The molecule has 0 aromatic heterocycles. The number of hydrogen-bond acceptors (Lipinski definition) is 3. The molecule has 2 aromatic rings. The number of hydrogen-bond donors (Lipinski definition) is 2. The van der Waals surface area contributed by atoms with Gasteiger partial charge in [-0.05, 0) is 49.3 Å². The summed E-state index contributed by atoms with van der Waals surface area (Å²) in [6, 6.07) is 12.3. The topological polar surface area (TPSA) is 45.7 Å². The molecule has 0 fully saturated rings. The summed E-state index contributed by atoms with van der Waals surface area (Å²) in [4.78, 5) is 0. The van der Waals surface area contributed by atoms with Crippen LogP contribution < -0.4 is 15.5 Å². The molecular weight excluding hydrogens is 332 g/mol. The van der Waals surface area contributed by atoms with Crippen LogP contribution in [0, 0.1) is 13.8 Å². The highest BCUT2D eigenvalue weighted by Gasteiger charge is 2.07. The van der Waals surface area contributed by atoms with Gasteiger partial charge in [0.25, 0.3) is 0 Å². The van der Waals surface area contributed by atoms with Gasteiger partial charge in [0, 0.05) is 11.3 Å². The molecule has 2 aromatic carbocycles. The molecule has 0 radical (unpaired) electrons. The number of ether oxygens (including phenoxy) is 1. The number of halogens is 2. The van der Waals surface area contributed by atoms with Crippen LogP contribution in [0.2, 0.25) is 0 Å². The third kappa shape index (κ3) is 4.99. The Morgan fingerprint density at radius 2 is 1.79 bits per heavy atom. The van der Waals surface area contributed by atoms with Crippen molar-refractivity contribution < 1.29 is 13.5 Å². The summed E-state index contributed by atoms with van der Waals surface area (Å²) in [5, 5.41) is 7.33. The molecule has 0 aliphatic carbocycles. The molecule has 126 valence electrons. The van der Waals surface area contributed by atoms with Crippen molar-refractivity contribution in [1.82, 2.24) is 5.43 Å². The van der Waals surface area contributed by atoms with Crippen molar-refractivity contribution in [2.24, 2.45) is 5.10 Å². The maximum Gasteiger partial charge on any atom is 0.387 e. The largest absolute Gasteiger partial charge is 0.434 e. The summed E-state index contributed by atoms with van der Waals surface area (Å²) in [6.07, 6.45) is 1.37. The van der Waals surface area contributed by atoms with Crippen LogP contribution >= 0.6 is 12.2 Å². The van der Waals surface area contributed by atoms with Gasteiger partial charge in [-0.2, -0.15) is 13.9 Å². The zero-order valence-corrected chi connectivity index (χ0v) is 14.0. The van der Waals surface area contributed by atoms with E-state index in [0.717, 1.165) is 16.8 Å². The van der Waals surface area contributed by atoms with E-state index in [2.05, 4.69) is 20.6 Å². The Kier molecular flexibility index (Phi) is 6.20. The van der Waals surface area contributed by atoms with Crippen molar-refractivity contribution in [3.05, 3.63) is 59.2 Å². The lowest BCUT2D eigenvalue weighted by Gasteiger charge is -2.12. The first-order valence-corrected chi connectivity index (χ1v) is 7.58. The second kappa shape index (κ2) is 8.35. The molecular formula is C17H17F2N3OS. The summed E-state index contributed by atoms with van der Waals surface area (Å²) in [7, 11) is 0. The van der Waals surface area contributed by atoms with E-state index in [0.29, 0.717) is 10.7 Å². The Bertz CT molecular complexity index is 730. The molecule has 2 N–H and O–H groups in total. The zero-order valence-electron chi connectivity index (χ0n) is 13.2. The lowest BCUT2D eigenvalue weighted by atomic mass is 10.1. The second-order valence-electron chi connectivity index (χ2n) is 5.01. The van der Waals surface area contributed by atoms with E-state index in [1.54, 1.807) is 18.2 Å². The molecule has 0 atom stereocenters. The van der Waals surface area contributed by atoms with E-state index in [-0.39, 0.29) is 5.75 Å². The summed E-state index contributed by atoms with van der Waals surface area (Å²) in [5.41, 5.74) is 6.10. The average molecular weight is 349 g/mol. The number of aryl methyl sites for hydroxylation is 2. The van der Waals surface area contributed by atoms with E-state index in [9.17, 15) is 8.78 Å². The van der Waals surface area contributed by atoms with Crippen LogP contribution in [0.1, 0.15) is 16.7 Å². The van der Waals surface area contributed by atoms with Crippen LogP contribution in [0.15, 0.2) is 47.6 Å². The van der Waals surface area contributed by atoms with Crippen LogP contribution in [0.4, 0.5) is 14.5 Å². The molecule has 0 aliphatic heterocycles. The standard InChI is InChI=1S/C17H17F2N3OS/c1-11-6-5-7-12(2)15(11)21-17(24)22-20-10-13-8-3-4-9-14(13)23-16(18)19/h3-10,16H,1-2H3,(H2,21,22,24)/b20-10-. The van der Waals surface area contributed by atoms with Gasteiger partial charge < -0.3 is 10.1 Å². The minimum absolute atomic E-state index is 0.0478. The quantitative estimate of drug-likeness (QED) is 0.482. The number of nitrogens with one attached hydrogen (secondary N) is 2. The lowest BCUT2D eigenvalue weighted by Crippen LogP contribution is -2.24. The summed E-state index contributed by atoms with van der Waals surface area (Å²) in [6.45, 7) is 1.05. The molecule has 0 bridgehead atoms. The Morgan fingerprint density at radius 3 is 2.46 bits per heavy atom. The Morgan fingerprint density at radius 1 is 1.12 bits per heavy atom. The fraction of sp³-hybridized carbons (Fsp3) is 0.176. The van der Waals surface area contributed by atoms with Crippen LogP contribution in [0.5, 0.6) is 5.75 Å². The highest BCUT2D eigenvalue weighted by molar-refractivity contribution is 7.80. The van der Waals surface area contributed by atoms with E-state index >= 15 is 0 Å².